The molecule has 0 unspecified atom stereocenters. The molecule has 1 saturated heterocycles. The zero-order valence-corrected chi connectivity index (χ0v) is 13.8. The van der Waals surface area contributed by atoms with Gasteiger partial charge < -0.3 is 9.84 Å². The Kier molecular flexibility index (Phi) is 5.09. The van der Waals surface area contributed by atoms with Crippen LogP contribution in [0.15, 0.2) is 24.5 Å². The van der Waals surface area contributed by atoms with Gasteiger partial charge in [-0.15, -0.1) is 0 Å². The second kappa shape index (κ2) is 7.25. The fraction of sp³-hybridized carbons (Fsp3) is 0.625. The molecule has 0 bridgehead atoms. The molecular formula is C16H25N5O2. The highest BCUT2D eigenvalue weighted by atomic mass is 16.5. The second-order valence-electron chi connectivity index (χ2n) is 6.24. The van der Waals surface area contributed by atoms with Crippen LogP contribution in [-0.4, -0.2) is 68.0 Å². The molecule has 3 heterocycles. The predicted molar refractivity (Wildman–Crippen MR) is 86.1 cm³/mol. The molecule has 1 N–H and O–H groups in total. The van der Waals surface area contributed by atoms with Crippen LogP contribution in [0.3, 0.4) is 0 Å². The lowest BCUT2D eigenvalue weighted by molar-refractivity contribution is -0.0500. The molecule has 0 saturated carbocycles. The van der Waals surface area contributed by atoms with Gasteiger partial charge in [0.15, 0.2) is 0 Å². The van der Waals surface area contributed by atoms with Crippen molar-refractivity contribution in [2.45, 2.75) is 39.1 Å². The van der Waals surface area contributed by atoms with E-state index in [-0.39, 0.29) is 6.10 Å². The topological polar surface area (TPSA) is 68.3 Å². The lowest BCUT2D eigenvalue weighted by Crippen LogP contribution is -2.47. The summed E-state index contributed by atoms with van der Waals surface area (Å²) in [5.41, 5.74) is 2.19. The summed E-state index contributed by atoms with van der Waals surface area (Å²) in [5.74, 6) is 0. The van der Waals surface area contributed by atoms with Gasteiger partial charge in [-0.3, -0.25) is 14.3 Å². The van der Waals surface area contributed by atoms with Gasteiger partial charge in [-0.2, -0.15) is 10.2 Å². The maximum Gasteiger partial charge on any atom is 0.0898 e. The minimum atomic E-state index is -0.428. The fourth-order valence-electron chi connectivity index (χ4n) is 3.09. The largest absolute Gasteiger partial charge is 0.390 e. The van der Waals surface area contributed by atoms with Crippen molar-refractivity contribution in [1.82, 2.24) is 24.5 Å². The average Bonchev–Trinajstić information content (AvgIpc) is 3.09. The van der Waals surface area contributed by atoms with E-state index in [1.807, 2.05) is 23.9 Å². The molecule has 2 aromatic rings. The number of hydrogen-bond acceptors (Lipinski definition) is 5. The zero-order valence-electron chi connectivity index (χ0n) is 13.8. The highest BCUT2D eigenvalue weighted by molar-refractivity contribution is 5.06. The third-order valence-corrected chi connectivity index (χ3v) is 4.13. The molecule has 1 aliphatic heterocycles. The summed E-state index contributed by atoms with van der Waals surface area (Å²) >= 11 is 0. The highest BCUT2D eigenvalue weighted by Crippen LogP contribution is 2.11. The Labute approximate surface area is 136 Å². The van der Waals surface area contributed by atoms with E-state index in [1.54, 1.807) is 10.9 Å². The molecule has 23 heavy (non-hydrogen) atoms. The molecule has 0 radical (unpaired) electrons. The molecule has 0 aromatic carbocycles. The highest BCUT2D eigenvalue weighted by Gasteiger charge is 2.23. The molecule has 1 fully saturated rings. The Morgan fingerprint density at radius 2 is 2.26 bits per heavy atom. The molecule has 7 heteroatoms. The molecule has 2 aromatic heterocycles. The van der Waals surface area contributed by atoms with Crippen molar-refractivity contribution in [2.24, 2.45) is 0 Å². The van der Waals surface area contributed by atoms with Gasteiger partial charge in [0.25, 0.3) is 0 Å². The Morgan fingerprint density at radius 1 is 1.39 bits per heavy atom. The van der Waals surface area contributed by atoms with Crippen LogP contribution in [0.5, 0.6) is 0 Å². The molecule has 0 aliphatic carbocycles. The van der Waals surface area contributed by atoms with Gasteiger partial charge in [0.05, 0.1) is 37.6 Å². The van der Waals surface area contributed by atoms with E-state index >= 15 is 0 Å². The fourth-order valence-corrected chi connectivity index (χ4v) is 3.09. The molecule has 1 aliphatic rings. The third kappa shape index (κ3) is 4.40. The van der Waals surface area contributed by atoms with E-state index in [1.165, 1.54) is 0 Å². The van der Waals surface area contributed by atoms with Gasteiger partial charge in [0.1, 0.15) is 0 Å². The number of hydrogen-bond donors (Lipinski definition) is 1. The molecule has 2 atom stereocenters. The van der Waals surface area contributed by atoms with Gasteiger partial charge in [-0.05, 0) is 26.0 Å². The number of aliphatic hydroxyl groups is 1. The van der Waals surface area contributed by atoms with Crippen LogP contribution in [-0.2, 0) is 17.8 Å². The quantitative estimate of drug-likeness (QED) is 0.838. The summed E-state index contributed by atoms with van der Waals surface area (Å²) < 4.78 is 9.63. The van der Waals surface area contributed by atoms with Crippen LogP contribution < -0.4 is 0 Å². The number of nitrogens with zero attached hydrogens (tertiary/aromatic N) is 5. The first-order valence-corrected chi connectivity index (χ1v) is 8.10. The maximum atomic E-state index is 10.2. The van der Waals surface area contributed by atoms with Crippen molar-refractivity contribution < 1.29 is 9.84 Å². The number of morpholine rings is 1. The maximum absolute atomic E-state index is 10.2. The summed E-state index contributed by atoms with van der Waals surface area (Å²) in [6, 6.07) is 3.94. The van der Waals surface area contributed by atoms with Gasteiger partial charge >= 0.3 is 0 Å². The first kappa shape index (κ1) is 16.2. The molecular weight excluding hydrogens is 294 g/mol. The van der Waals surface area contributed by atoms with E-state index in [4.69, 9.17) is 4.74 Å². The minimum absolute atomic E-state index is 0.110. The number of aliphatic hydroxyl groups excluding tert-OH is 1. The number of aryl methyl sites for hydroxylation is 2. The van der Waals surface area contributed by atoms with E-state index in [0.717, 1.165) is 31.0 Å². The Morgan fingerprint density at radius 3 is 2.96 bits per heavy atom. The Bertz CT molecular complexity index is 610. The predicted octanol–water partition coefficient (Wildman–Crippen LogP) is 0.458. The average molecular weight is 319 g/mol. The number of β-amino-alcohol motifs (C(OH)–C–C–N with tert-alkyl or cyclic N) is 1. The van der Waals surface area contributed by atoms with Gasteiger partial charge in [0, 0.05) is 37.7 Å². The van der Waals surface area contributed by atoms with Gasteiger partial charge in [-0.25, -0.2) is 0 Å². The van der Waals surface area contributed by atoms with Crippen molar-refractivity contribution in [3.8, 4) is 0 Å². The van der Waals surface area contributed by atoms with Crippen molar-refractivity contribution in [2.75, 3.05) is 26.2 Å². The monoisotopic (exact) mass is 319 g/mol. The lowest BCUT2D eigenvalue weighted by Gasteiger charge is -2.34. The standard InChI is InChI=1S/C16H25N5O2/c1-13-8-14(2)21(18-13)12-16-11-19(6-7-23-16)9-15(22)10-20-5-3-4-17-20/h3-5,8,15-16,22H,6-7,9-12H2,1-2H3/t15-,16+/m0/s1. The Balaban J connectivity index is 1.50. The summed E-state index contributed by atoms with van der Waals surface area (Å²) in [5, 5.41) is 18.9. The minimum Gasteiger partial charge on any atom is -0.390 e. The summed E-state index contributed by atoms with van der Waals surface area (Å²) in [6.07, 6.45) is 3.28. The first-order valence-electron chi connectivity index (χ1n) is 8.10. The summed E-state index contributed by atoms with van der Waals surface area (Å²) in [4.78, 5) is 2.26. The molecule has 126 valence electrons. The van der Waals surface area contributed by atoms with Crippen molar-refractivity contribution >= 4 is 0 Å². The van der Waals surface area contributed by atoms with E-state index in [0.29, 0.717) is 19.7 Å². The molecule has 0 amide bonds. The number of ether oxygens (including phenoxy) is 1. The number of rotatable bonds is 6. The van der Waals surface area contributed by atoms with Crippen LogP contribution >= 0.6 is 0 Å². The van der Waals surface area contributed by atoms with Crippen molar-refractivity contribution in [3.05, 3.63) is 35.9 Å². The van der Waals surface area contributed by atoms with E-state index in [9.17, 15) is 5.11 Å². The Hall–Kier alpha value is -1.70. The SMILES string of the molecule is Cc1cc(C)n(C[C@H]2CN(C[C@H](O)Cn3cccn3)CCO2)n1. The summed E-state index contributed by atoms with van der Waals surface area (Å²) in [6.45, 7) is 8.34. The normalized spacial score (nSPS) is 20.7. The van der Waals surface area contributed by atoms with Crippen LogP contribution in [0.1, 0.15) is 11.4 Å². The van der Waals surface area contributed by atoms with Crippen LogP contribution in [0.4, 0.5) is 0 Å². The second-order valence-corrected chi connectivity index (χ2v) is 6.24. The third-order valence-electron chi connectivity index (χ3n) is 4.13. The van der Waals surface area contributed by atoms with Crippen molar-refractivity contribution in [3.63, 3.8) is 0 Å². The van der Waals surface area contributed by atoms with E-state index < -0.39 is 6.10 Å². The lowest BCUT2D eigenvalue weighted by atomic mass is 10.2. The molecule has 3 rings (SSSR count). The zero-order chi connectivity index (χ0) is 16.2. The summed E-state index contributed by atoms with van der Waals surface area (Å²) in [7, 11) is 0. The molecule has 0 spiro atoms. The molecule has 7 nitrogen and oxygen atoms in total. The van der Waals surface area contributed by atoms with Crippen LogP contribution in [0, 0.1) is 13.8 Å². The number of aromatic nitrogens is 4. The van der Waals surface area contributed by atoms with Gasteiger partial charge in [0.2, 0.25) is 0 Å². The first-order chi connectivity index (χ1) is 11.1. The van der Waals surface area contributed by atoms with Crippen LogP contribution in [0.2, 0.25) is 0 Å². The van der Waals surface area contributed by atoms with Crippen LogP contribution in [0.25, 0.3) is 0 Å². The van der Waals surface area contributed by atoms with Crippen molar-refractivity contribution in [1.29, 1.82) is 0 Å². The smallest absolute Gasteiger partial charge is 0.0898 e. The van der Waals surface area contributed by atoms with E-state index in [2.05, 4.69) is 28.1 Å². The van der Waals surface area contributed by atoms with Gasteiger partial charge in [-0.1, -0.05) is 0 Å².